The Bertz CT molecular complexity index is 1020. The molecule has 2 aromatic rings. The molecular weight excluding hydrogens is 424 g/mol. The molecule has 0 saturated carbocycles. The van der Waals surface area contributed by atoms with Crippen molar-refractivity contribution < 1.29 is 19.3 Å². The number of nitro groups is 1. The van der Waals surface area contributed by atoms with E-state index < -0.39 is 16.7 Å². The molecule has 0 heterocycles. The van der Waals surface area contributed by atoms with Crippen molar-refractivity contribution >= 4 is 40.7 Å². The van der Waals surface area contributed by atoms with Gasteiger partial charge in [-0.25, -0.2) is 0 Å². The summed E-state index contributed by atoms with van der Waals surface area (Å²) < 4.78 is 0. The summed E-state index contributed by atoms with van der Waals surface area (Å²) in [4.78, 5) is 46.6. The first-order valence-corrected chi connectivity index (χ1v) is 9.85. The SMILES string of the molecule is Cc1ccc(NC(=O)C[C@@H](C)CC(=O)NNC(=O)c2ccc([N+](=O)[O-])c(C)c2)cc1Cl. The van der Waals surface area contributed by atoms with E-state index in [2.05, 4.69) is 16.2 Å². The van der Waals surface area contributed by atoms with Crippen LogP contribution >= 0.6 is 11.6 Å². The molecule has 3 amide bonds. The lowest BCUT2D eigenvalue weighted by atomic mass is 10.0. The van der Waals surface area contributed by atoms with Crippen LogP contribution in [0.15, 0.2) is 36.4 Å². The zero-order chi connectivity index (χ0) is 23.1. The van der Waals surface area contributed by atoms with E-state index in [1.165, 1.54) is 25.1 Å². The van der Waals surface area contributed by atoms with Crippen LogP contribution in [0.4, 0.5) is 11.4 Å². The molecule has 1 atom stereocenters. The Morgan fingerprint density at radius 1 is 1.00 bits per heavy atom. The Morgan fingerprint density at radius 3 is 2.29 bits per heavy atom. The minimum atomic E-state index is -0.604. The molecule has 0 fully saturated rings. The molecule has 9 nitrogen and oxygen atoms in total. The number of rotatable bonds is 7. The van der Waals surface area contributed by atoms with Gasteiger partial charge in [-0.15, -0.1) is 0 Å². The number of carbonyl (C=O) groups excluding carboxylic acids is 3. The average Bonchev–Trinajstić information content (AvgIpc) is 2.68. The fourth-order valence-electron chi connectivity index (χ4n) is 2.84. The van der Waals surface area contributed by atoms with Crippen molar-refractivity contribution in [2.24, 2.45) is 5.92 Å². The molecular formula is C21H23ClN4O5. The number of hydrogen-bond acceptors (Lipinski definition) is 5. The third-order valence-corrected chi connectivity index (χ3v) is 4.90. The smallest absolute Gasteiger partial charge is 0.272 e. The second-order valence-electron chi connectivity index (χ2n) is 7.29. The summed E-state index contributed by atoms with van der Waals surface area (Å²) in [6.07, 6.45) is 0.121. The Hall–Kier alpha value is -3.46. The molecule has 2 rings (SSSR count). The highest BCUT2D eigenvalue weighted by molar-refractivity contribution is 6.31. The maximum Gasteiger partial charge on any atom is 0.272 e. The van der Waals surface area contributed by atoms with Crippen LogP contribution in [0.1, 0.15) is 41.3 Å². The predicted molar refractivity (Wildman–Crippen MR) is 117 cm³/mol. The van der Waals surface area contributed by atoms with Crippen molar-refractivity contribution in [2.45, 2.75) is 33.6 Å². The fraction of sp³-hybridized carbons (Fsp3) is 0.286. The van der Waals surface area contributed by atoms with Crippen molar-refractivity contribution in [3.63, 3.8) is 0 Å². The third-order valence-electron chi connectivity index (χ3n) is 4.49. The topological polar surface area (TPSA) is 130 Å². The number of halogens is 1. The molecule has 164 valence electrons. The van der Waals surface area contributed by atoms with Gasteiger partial charge in [0.05, 0.1) is 4.92 Å². The molecule has 3 N–H and O–H groups in total. The van der Waals surface area contributed by atoms with Crippen LogP contribution in [-0.4, -0.2) is 22.6 Å². The van der Waals surface area contributed by atoms with Gasteiger partial charge < -0.3 is 5.32 Å². The van der Waals surface area contributed by atoms with Crippen LogP contribution in [0.3, 0.4) is 0 Å². The number of carbonyl (C=O) groups is 3. The highest BCUT2D eigenvalue weighted by atomic mass is 35.5. The van der Waals surface area contributed by atoms with E-state index in [0.717, 1.165) is 5.56 Å². The molecule has 0 aliphatic carbocycles. The summed E-state index contributed by atoms with van der Waals surface area (Å²) in [5.74, 6) is -1.61. The number of nitrogens with zero attached hydrogens (tertiary/aromatic N) is 1. The zero-order valence-electron chi connectivity index (χ0n) is 17.3. The van der Waals surface area contributed by atoms with E-state index >= 15 is 0 Å². The van der Waals surface area contributed by atoms with Crippen LogP contribution in [-0.2, 0) is 9.59 Å². The van der Waals surface area contributed by atoms with E-state index in [1.54, 1.807) is 25.1 Å². The van der Waals surface area contributed by atoms with Crippen molar-refractivity contribution in [1.82, 2.24) is 10.9 Å². The van der Waals surface area contributed by atoms with Gasteiger partial charge in [0.2, 0.25) is 11.8 Å². The number of aryl methyl sites for hydroxylation is 2. The van der Waals surface area contributed by atoms with E-state index in [0.29, 0.717) is 16.3 Å². The van der Waals surface area contributed by atoms with E-state index in [4.69, 9.17) is 11.6 Å². The summed E-state index contributed by atoms with van der Waals surface area (Å²) in [6, 6.07) is 9.09. The van der Waals surface area contributed by atoms with Gasteiger partial charge in [-0.3, -0.25) is 35.3 Å². The average molecular weight is 447 g/mol. The van der Waals surface area contributed by atoms with Gasteiger partial charge in [0.15, 0.2) is 0 Å². The highest BCUT2D eigenvalue weighted by Crippen LogP contribution is 2.21. The first-order chi connectivity index (χ1) is 14.6. The number of nitro benzene ring substituents is 1. The lowest BCUT2D eigenvalue weighted by Crippen LogP contribution is -2.42. The molecule has 0 radical (unpaired) electrons. The maximum atomic E-state index is 12.2. The summed E-state index contributed by atoms with van der Waals surface area (Å²) in [6.45, 7) is 5.11. The van der Waals surface area contributed by atoms with Gasteiger partial charge >= 0.3 is 0 Å². The van der Waals surface area contributed by atoms with Gasteiger partial charge in [-0.2, -0.15) is 0 Å². The predicted octanol–water partition coefficient (Wildman–Crippen LogP) is 3.68. The van der Waals surface area contributed by atoms with E-state index in [9.17, 15) is 24.5 Å². The molecule has 0 saturated heterocycles. The zero-order valence-corrected chi connectivity index (χ0v) is 18.1. The van der Waals surface area contributed by atoms with Crippen LogP contribution in [0.25, 0.3) is 0 Å². The Morgan fingerprint density at radius 2 is 1.68 bits per heavy atom. The van der Waals surface area contributed by atoms with Gasteiger partial charge in [0, 0.05) is 40.7 Å². The summed E-state index contributed by atoms with van der Waals surface area (Å²) in [5.41, 5.74) is 6.42. The van der Waals surface area contributed by atoms with E-state index in [-0.39, 0.29) is 35.9 Å². The van der Waals surface area contributed by atoms with Gasteiger partial charge in [0.1, 0.15) is 0 Å². The largest absolute Gasteiger partial charge is 0.326 e. The Balaban J connectivity index is 1.80. The summed E-state index contributed by atoms with van der Waals surface area (Å²) >= 11 is 6.04. The number of hydrazine groups is 1. The molecule has 31 heavy (non-hydrogen) atoms. The summed E-state index contributed by atoms with van der Waals surface area (Å²) in [5, 5.41) is 14.1. The number of amides is 3. The number of benzene rings is 2. The summed E-state index contributed by atoms with van der Waals surface area (Å²) in [7, 11) is 0. The molecule has 0 aliphatic rings. The lowest BCUT2D eigenvalue weighted by molar-refractivity contribution is -0.385. The molecule has 0 spiro atoms. The van der Waals surface area contributed by atoms with Crippen molar-refractivity contribution in [3.05, 3.63) is 68.2 Å². The van der Waals surface area contributed by atoms with E-state index in [1.807, 2.05) is 6.92 Å². The monoisotopic (exact) mass is 446 g/mol. The van der Waals surface area contributed by atoms with Crippen molar-refractivity contribution in [2.75, 3.05) is 5.32 Å². The Kier molecular flexibility index (Phi) is 8.09. The van der Waals surface area contributed by atoms with Crippen LogP contribution in [0.5, 0.6) is 0 Å². The molecule has 0 unspecified atom stereocenters. The minimum Gasteiger partial charge on any atom is -0.326 e. The van der Waals surface area contributed by atoms with Gasteiger partial charge in [-0.1, -0.05) is 24.6 Å². The Labute approximate surface area is 184 Å². The second-order valence-corrected chi connectivity index (χ2v) is 7.69. The van der Waals surface area contributed by atoms with Crippen molar-refractivity contribution in [3.8, 4) is 0 Å². The maximum absolute atomic E-state index is 12.2. The number of nitrogens with one attached hydrogen (secondary N) is 3. The quantitative estimate of drug-likeness (QED) is 0.441. The minimum absolute atomic E-state index is 0.0155. The van der Waals surface area contributed by atoms with Gasteiger partial charge in [0.25, 0.3) is 11.6 Å². The fourth-order valence-corrected chi connectivity index (χ4v) is 3.02. The third kappa shape index (κ3) is 7.07. The van der Waals surface area contributed by atoms with Crippen LogP contribution < -0.4 is 16.2 Å². The first kappa shape index (κ1) is 23.8. The molecule has 2 aromatic carbocycles. The number of hydrogen-bond donors (Lipinski definition) is 3. The standard InChI is InChI=1S/C21H23ClN4O5/c1-12(8-19(27)23-16-6-4-13(2)17(22)11-16)9-20(28)24-25-21(29)15-5-7-18(26(30)31)14(3)10-15/h4-7,10-12H,8-9H2,1-3H3,(H,23,27)(H,24,28)(H,25,29)/t12-/m1/s1. The van der Waals surface area contributed by atoms with Crippen molar-refractivity contribution in [1.29, 1.82) is 0 Å². The number of anilines is 1. The molecule has 0 aromatic heterocycles. The van der Waals surface area contributed by atoms with Crippen LogP contribution in [0, 0.1) is 29.9 Å². The highest BCUT2D eigenvalue weighted by Gasteiger charge is 2.16. The van der Waals surface area contributed by atoms with Crippen LogP contribution in [0.2, 0.25) is 5.02 Å². The van der Waals surface area contributed by atoms with Gasteiger partial charge in [-0.05, 0) is 49.6 Å². The molecule has 0 bridgehead atoms. The first-order valence-electron chi connectivity index (χ1n) is 9.47. The molecule has 10 heteroatoms. The second kappa shape index (κ2) is 10.5. The normalized spacial score (nSPS) is 11.4. The molecule has 0 aliphatic heterocycles. The lowest BCUT2D eigenvalue weighted by Gasteiger charge is -2.13.